The zero-order valence-corrected chi connectivity index (χ0v) is 13.0. The number of halogens is 2. The molecule has 0 saturated heterocycles. The Kier molecular flexibility index (Phi) is 5.17. The van der Waals surface area contributed by atoms with Crippen molar-refractivity contribution >= 4 is 33.4 Å². The highest BCUT2D eigenvalue weighted by molar-refractivity contribution is 9.10. The van der Waals surface area contributed by atoms with Gasteiger partial charge in [0.05, 0.1) is 0 Å². The molecule has 0 heterocycles. The molecule has 0 saturated carbocycles. The van der Waals surface area contributed by atoms with Crippen LogP contribution in [0.15, 0.2) is 46.9 Å². The van der Waals surface area contributed by atoms with Gasteiger partial charge in [-0.25, -0.2) is 0 Å². The number of hydrogen-bond acceptors (Lipinski definition) is 2. The van der Waals surface area contributed by atoms with Crippen molar-refractivity contribution in [2.45, 2.75) is 13.1 Å². The number of hydrogen-bond donors (Lipinski definition) is 2. The summed E-state index contributed by atoms with van der Waals surface area (Å²) in [6, 6.07) is 13.0. The van der Waals surface area contributed by atoms with Crippen molar-refractivity contribution in [1.29, 1.82) is 0 Å². The Morgan fingerprint density at radius 1 is 1.20 bits per heavy atom. The normalized spacial score (nSPS) is 10.5. The van der Waals surface area contributed by atoms with Crippen molar-refractivity contribution in [3.8, 4) is 0 Å². The summed E-state index contributed by atoms with van der Waals surface area (Å²) in [6.45, 7) is 1.34. The molecule has 0 unspecified atom stereocenters. The van der Waals surface area contributed by atoms with Crippen LogP contribution in [0.5, 0.6) is 0 Å². The number of carbonyl (C=O) groups is 1. The third-order valence-corrected chi connectivity index (χ3v) is 3.87. The Bertz CT molecular complexity index is 631. The molecule has 0 atom stereocenters. The van der Waals surface area contributed by atoms with E-state index in [0.717, 1.165) is 15.6 Å². The van der Waals surface area contributed by atoms with E-state index >= 15 is 0 Å². The van der Waals surface area contributed by atoms with Crippen LogP contribution in [0.3, 0.4) is 0 Å². The van der Waals surface area contributed by atoms with Crippen LogP contribution in [0.2, 0.25) is 5.02 Å². The van der Waals surface area contributed by atoms with Crippen molar-refractivity contribution < 1.29 is 4.79 Å². The van der Waals surface area contributed by atoms with Gasteiger partial charge in [0.15, 0.2) is 0 Å². The highest BCUT2D eigenvalue weighted by Gasteiger charge is 2.03. The first-order valence-electron chi connectivity index (χ1n) is 6.09. The van der Waals surface area contributed by atoms with Gasteiger partial charge in [-0.2, -0.15) is 0 Å². The summed E-state index contributed by atoms with van der Waals surface area (Å²) in [7, 11) is 0. The first kappa shape index (κ1) is 15.0. The van der Waals surface area contributed by atoms with Crippen LogP contribution in [-0.2, 0) is 13.1 Å². The number of carbonyl (C=O) groups excluding carboxylic acids is 1. The summed E-state index contributed by atoms with van der Waals surface area (Å²) in [5.74, 6) is -0.413. The van der Waals surface area contributed by atoms with Gasteiger partial charge in [-0.05, 0) is 41.5 Å². The number of nitrogens with two attached hydrogens (primary N) is 1. The fraction of sp³-hybridized carbons (Fsp3) is 0.133. The van der Waals surface area contributed by atoms with E-state index in [-0.39, 0.29) is 0 Å². The van der Waals surface area contributed by atoms with E-state index in [1.165, 1.54) is 0 Å². The van der Waals surface area contributed by atoms with E-state index in [1.54, 1.807) is 12.1 Å². The summed E-state index contributed by atoms with van der Waals surface area (Å²) in [5.41, 5.74) is 7.88. The smallest absolute Gasteiger partial charge is 0.248 e. The Balaban J connectivity index is 1.97. The van der Waals surface area contributed by atoms with E-state index in [2.05, 4.69) is 21.2 Å². The summed E-state index contributed by atoms with van der Waals surface area (Å²) in [5, 5.41) is 4.02. The number of nitrogens with one attached hydrogen (secondary N) is 1. The zero-order valence-electron chi connectivity index (χ0n) is 10.7. The van der Waals surface area contributed by atoms with E-state index in [9.17, 15) is 4.79 Å². The number of benzene rings is 2. The van der Waals surface area contributed by atoms with Gasteiger partial charge in [0, 0.05) is 28.1 Å². The Morgan fingerprint density at radius 3 is 2.75 bits per heavy atom. The van der Waals surface area contributed by atoms with Crippen LogP contribution >= 0.6 is 27.5 Å². The predicted octanol–water partition coefficient (Wildman–Crippen LogP) is 3.49. The van der Waals surface area contributed by atoms with Gasteiger partial charge in [0.25, 0.3) is 0 Å². The molecular weight excluding hydrogens is 340 g/mol. The van der Waals surface area contributed by atoms with E-state index in [4.69, 9.17) is 17.3 Å². The highest BCUT2D eigenvalue weighted by Crippen LogP contribution is 2.21. The van der Waals surface area contributed by atoms with Gasteiger partial charge in [-0.3, -0.25) is 4.79 Å². The standard InChI is InChI=1S/C15H14BrClN2O/c16-14-5-4-13(17)7-12(14)9-19-8-10-2-1-3-11(6-10)15(18)20/h1-7,19H,8-9H2,(H2,18,20). The van der Waals surface area contributed by atoms with Gasteiger partial charge >= 0.3 is 0 Å². The lowest BCUT2D eigenvalue weighted by Gasteiger charge is -2.08. The fourth-order valence-corrected chi connectivity index (χ4v) is 2.44. The fourth-order valence-electron chi connectivity index (χ4n) is 1.85. The lowest BCUT2D eigenvalue weighted by molar-refractivity contribution is 0.1000. The van der Waals surface area contributed by atoms with Crippen molar-refractivity contribution in [3.63, 3.8) is 0 Å². The second kappa shape index (κ2) is 6.88. The monoisotopic (exact) mass is 352 g/mol. The van der Waals surface area contributed by atoms with Crippen LogP contribution < -0.4 is 11.1 Å². The average molecular weight is 354 g/mol. The summed E-state index contributed by atoms with van der Waals surface area (Å²) in [4.78, 5) is 11.1. The third kappa shape index (κ3) is 4.07. The number of primary amides is 1. The molecule has 3 nitrogen and oxygen atoms in total. The molecule has 3 N–H and O–H groups in total. The SMILES string of the molecule is NC(=O)c1cccc(CNCc2cc(Cl)ccc2Br)c1. The van der Waals surface area contributed by atoms with Crippen LogP contribution in [0.1, 0.15) is 21.5 Å². The molecule has 0 aromatic heterocycles. The van der Waals surface area contributed by atoms with Crippen LogP contribution in [0.4, 0.5) is 0 Å². The maximum absolute atomic E-state index is 11.1. The predicted molar refractivity (Wildman–Crippen MR) is 84.7 cm³/mol. The maximum atomic E-state index is 11.1. The van der Waals surface area contributed by atoms with E-state index in [1.807, 2.05) is 30.3 Å². The second-order valence-corrected chi connectivity index (χ2v) is 5.69. The summed E-state index contributed by atoms with van der Waals surface area (Å²) in [6.07, 6.45) is 0. The Hall–Kier alpha value is -1.36. The lowest BCUT2D eigenvalue weighted by atomic mass is 10.1. The third-order valence-electron chi connectivity index (χ3n) is 2.86. The summed E-state index contributed by atoms with van der Waals surface area (Å²) < 4.78 is 1.01. The molecule has 2 rings (SSSR count). The van der Waals surface area contributed by atoms with Crippen molar-refractivity contribution in [2.24, 2.45) is 5.73 Å². The zero-order chi connectivity index (χ0) is 14.5. The topological polar surface area (TPSA) is 55.1 Å². The molecule has 0 radical (unpaired) electrons. The molecule has 0 fully saturated rings. The molecule has 104 valence electrons. The molecule has 0 aliphatic rings. The quantitative estimate of drug-likeness (QED) is 0.864. The minimum Gasteiger partial charge on any atom is -0.366 e. The number of rotatable bonds is 5. The Morgan fingerprint density at radius 2 is 2.00 bits per heavy atom. The molecule has 1 amide bonds. The van der Waals surface area contributed by atoms with Gasteiger partial charge in [-0.15, -0.1) is 0 Å². The molecule has 5 heteroatoms. The maximum Gasteiger partial charge on any atom is 0.248 e. The van der Waals surface area contributed by atoms with Gasteiger partial charge in [0.1, 0.15) is 0 Å². The van der Waals surface area contributed by atoms with Crippen molar-refractivity contribution in [2.75, 3.05) is 0 Å². The lowest BCUT2D eigenvalue weighted by Crippen LogP contribution is -2.15. The van der Waals surface area contributed by atoms with Gasteiger partial charge < -0.3 is 11.1 Å². The van der Waals surface area contributed by atoms with Crippen LogP contribution in [0.25, 0.3) is 0 Å². The summed E-state index contributed by atoms with van der Waals surface area (Å²) >= 11 is 9.46. The molecule has 20 heavy (non-hydrogen) atoms. The van der Waals surface area contributed by atoms with Crippen molar-refractivity contribution in [1.82, 2.24) is 5.32 Å². The average Bonchev–Trinajstić information content (AvgIpc) is 2.43. The van der Waals surface area contributed by atoms with Crippen LogP contribution in [0, 0.1) is 0 Å². The second-order valence-electron chi connectivity index (χ2n) is 4.40. The molecular formula is C15H14BrClN2O. The molecule has 0 aliphatic carbocycles. The minimum atomic E-state index is -0.413. The van der Waals surface area contributed by atoms with E-state index < -0.39 is 5.91 Å². The van der Waals surface area contributed by atoms with E-state index in [0.29, 0.717) is 23.7 Å². The van der Waals surface area contributed by atoms with Gasteiger partial charge in [0.2, 0.25) is 5.91 Å². The highest BCUT2D eigenvalue weighted by atomic mass is 79.9. The molecule has 2 aromatic carbocycles. The molecule has 0 spiro atoms. The molecule has 0 aliphatic heterocycles. The first-order valence-corrected chi connectivity index (χ1v) is 7.27. The molecule has 0 bridgehead atoms. The minimum absolute atomic E-state index is 0.413. The largest absolute Gasteiger partial charge is 0.366 e. The van der Waals surface area contributed by atoms with Gasteiger partial charge in [-0.1, -0.05) is 39.7 Å². The Labute approximate surface area is 131 Å². The van der Waals surface area contributed by atoms with Crippen molar-refractivity contribution in [3.05, 3.63) is 68.7 Å². The number of amides is 1. The first-order chi connectivity index (χ1) is 9.56. The van der Waals surface area contributed by atoms with Crippen LogP contribution in [-0.4, -0.2) is 5.91 Å². The molecule has 2 aromatic rings.